The highest BCUT2D eigenvalue weighted by atomic mass is 16.5. The molecule has 1 aromatic heterocycles. The van der Waals surface area contributed by atoms with Crippen molar-refractivity contribution in [2.24, 2.45) is 0 Å². The summed E-state index contributed by atoms with van der Waals surface area (Å²) in [5.74, 6) is 1.70. The first-order valence-electron chi connectivity index (χ1n) is 8.54. The predicted molar refractivity (Wildman–Crippen MR) is 102 cm³/mol. The number of carbonyl (C=O) groups excluding carboxylic acids is 1. The van der Waals surface area contributed by atoms with Crippen molar-refractivity contribution in [3.63, 3.8) is 0 Å². The molecule has 1 heterocycles. The fourth-order valence-electron chi connectivity index (χ4n) is 2.90. The maximum atomic E-state index is 12.4. The van der Waals surface area contributed by atoms with E-state index < -0.39 is 0 Å². The first-order chi connectivity index (χ1) is 13.0. The highest BCUT2D eigenvalue weighted by molar-refractivity contribution is 5.94. The Bertz CT molecular complexity index is 942. The number of aromatic nitrogens is 1. The van der Waals surface area contributed by atoms with Crippen molar-refractivity contribution in [1.29, 1.82) is 0 Å². The number of hydrogen-bond donors (Lipinski definition) is 1. The minimum Gasteiger partial charge on any atom is -0.493 e. The number of nitrogens with zero attached hydrogens (tertiary/aromatic N) is 1. The van der Waals surface area contributed by atoms with Crippen LogP contribution in [0.5, 0.6) is 11.5 Å². The lowest BCUT2D eigenvalue weighted by atomic mass is 10.1. The van der Waals surface area contributed by atoms with E-state index in [4.69, 9.17) is 14.0 Å². The van der Waals surface area contributed by atoms with E-state index >= 15 is 0 Å². The molecule has 0 fully saturated rings. The lowest BCUT2D eigenvalue weighted by molar-refractivity contribution is 0.0950. The molecule has 0 radical (unpaired) electrons. The molecule has 2 aromatic carbocycles. The fraction of sp³-hybridized carbons (Fsp3) is 0.238. The summed E-state index contributed by atoms with van der Waals surface area (Å²) >= 11 is 0. The van der Waals surface area contributed by atoms with Crippen molar-refractivity contribution in [3.8, 4) is 22.8 Å². The maximum Gasteiger partial charge on any atom is 0.251 e. The number of methoxy groups -OCH3 is 2. The molecule has 0 saturated heterocycles. The van der Waals surface area contributed by atoms with Gasteiger partial charge < -0.3 is 19.3 Å². The summed E-state index contributed by atoms with van der Waals surface area (Å²) in [5, 5.41) is 6.90. The number of aryl methyl sites for hydroxylation is 2. The summed E-state index contributed by atoms with van der Waals surface area (Å²) in [6.07, 6.45) is 0. The van der Waals surface area contributed by atoms with E-state index in [0.717, 1.165) is 16.7 Å². The minimum atomic E-state index is -0.141. The summed E-state index contributed by atoms with van der Waals surface area (Å²) in [4.78, 5) is 12.4. The molecule has 0 saturated carbocycles. The molecule has 0 aliphatic rings. The zero-order valence-electron chi connectivity index (χ0n) is 15.8. The third-order valence-corrected chi connectivity index (χ3v) is 4.14. The van der Waals surface area contributed by atoms with Gasteiger partial charge in [-0.15, -0.1) is 0 Å². The quantitative estimate of drug-likeness (QED) is 0.716. The van der Waals surface area contributed by atoms with E-state index in [9.17, 15) is 4.79 Å². The van der Waals surface area contributed by atoms with Crippen molar-refractivity contribution in [3.05, 3.63) is 64.8 Å². The smallest absolute Gasteiger partial charge is 0.251 e. The summed E-state index contributed by atoms with van der Waals surface area (Å²) in [6.45, 7) is 4.22. The number of nitrogens with one attached hydrogen (secondary N) is 1. The third kappa shape index (κ3) is 4.28. The lowest BCUT2D eigenvalue weighted by Gasteiger charge is -2.07. The van der Waals surface area contributed by atoms with Gasteiger partial charge in [0.05, 0.1) is 20.8 Å². The molecule has 1 amide bonds. The summed E-state index contributed by atoms with van der Waals surface area (Å²) in [7, 11) is 3.17. The number of carbonyl (C=O) groups is 1. The first-order valence-corrected chi connectivity index (χ1v) is 8.54. The lowest BCUT2D eigenvalue weighted by Crippen LogP contribution is -2.23. The molecule has 6 nitrogen and oxygen atoms in total. The molecule has 0 aliphatic carbocycles. The van der Waals surface area contributed by atoms with Crippen LogP contribution in [0.2, 0.25) is 0 Å². The Kier molecular flexibility index (Phi) is 5.45. The Hall–Kier alpha value is -3.28. The number of rotatable bonds is 6. The summed E-state index contributed by atoms with van der Waals surface area (Å²) in [6, 6.07) is 13.0. The normalized spacial score (nSPS) is 10.5. The van der Waals surface area contributed by atoms with Gasteiger partial charge in [-0.1, -0.05) is 22.3 Å². The van der Waals surface area contributed by atoms with Crippen molar-refractivity contribution in [1.82, 2.24) is 10.5 Å². The van der Waals surface area contributed by atoms with Crippen LogP contribution in [-0.4, -0.2) is 25.3 Å². The Labute approximate surface area is 158 Å². The summed E-state index contributed by atoms with van der Waals surface area (Å²) < 4.78 is 15.9. The maximum absolute atomic E-state index is 12.4. The molecular formula is C21H22N2O4. The number of amides is 1. The predicted octanol–water partition coefficient (Wildman–Crippen LogP) is 3.91. The van der Waals surface area contributed by atoms with E-state index in [1.807, 2.05) is 44.2 Å². The van der Waals surface area contributed by atoms with Gasteiger partial charge in [-0.05, 0) is 44.2 Å². The van der Waals surface area contributed by atoms with Crippen molar-refractivity contribution in [2.45, 2.75) is 20.4 Å². The van der Waals surface area contributed by atoms with E-state index in [1.54, 1.807) is 26.4 Å². The van der Waals surface area contributed by atoms with Gasteiger partial charge in [0.15, 0.2) is 17.3 Å². The van der Waals surface area contributed by atoms with Crippen LogP contribution in [0.15, 0.2) is 47.0 Å². The molecule has 27 heavy (non-hydrogen) atoms. The standard InChI is InChI=1S/C21H22N2O4/c1-13-7-14(2)9-16(8-13)21(24)22-12-17-11-19(27-23-17)15-5-6-18(25-3)20(10-15)26-4/h5-11H,12H2,1-4H3,(H,22,24). The molecule has 0 unspecified atom stereocenters. The van der Waals surface area contributed by atoms with Crippen LogP contribution >= 0.6 is 0 Å². The summed E-state index contributed by atoms with van der Waals surface area (Å²) in [5.41, 5.74) is 4.19. The molecule has 3 aromatic rings. The van der Waals surface area contributed by atoms with Crippen molar-refractivity contribution >= 4 is 5.91 Å². The van der Waals surface area contributed by atoms with Crippen LogP contribution in [0.1, 0.15) is 27.2 Å². The molecule has 0 aliphatic heterocycles. The average Bonchev–Trinajstić information content (AvgIpc) is 3.13. The Morgan fingerprint density at radius 1 is 1.00 bits per heavy atom. The van der Waals surface area contributed by atoms with Gasteiger partial charge in [0, 0.05) is 17.2 Å². The van der Waals surface area contributed by atoms with Crippen LogP contribution < -0.4 is 14.8 Å². The van der Waals surface area contributed by atoms with Crippen LogP contribution in [0.3, 0.4) is 0 Å². The van der Waals surface area contributed by atoms with Gasteiger partial charge in [0.25, 0.3) is 5.91 Å². The Morgan fingerprint density at radius 3 is 2.37 bits per heavy atom. The highest BCUT2D eigenvalue weighted by Gasteiger charge is 2.12. The van der Waals surface area contributed by atoms with E-state index in [2.05, 4.69) is 10.5 Å². The molecule has 6 heteroatoms. The Balaban J connectivity index is 1.70. The molecule has 1 N–H and O–H groups in total. The van der Waals surface area contributed by atoms with Crippen LogP contribution in [-0.2, 0) is 6.54 Å². The molecule has 140 valence electrons. The second-order valence-corrected chi connectivity index (χ2v) is 6.31. The molecule has 0 atom stereocenters. The number of benzene rings is 2. The molecular weight excluding hydrogens is 344 g/mol. The number of ether oxygens (including phenoxy) is 2. The topological polar surface area (TPSA) is 73.6 Å². The second kappa shape index (κ2) is 7.95. The van der Waals surface area contributed by atoms with Crippen molar-refractivity contribution < 1.29 is 18.8 Å². The van der Waals surface area contributed by atoms with Gasteiger partial charge in [-0.2, -0.15) is 0 Å². The minimum absolute atomic E-state index is 0.141. The zero-order chi connectivity index (χ0) is 19.4. The fourth-order valence-corrected chi connectivity index (χ4v) is 2.90. The highest BCUT2D eigenvalue weighted by Crippen LogP contribution is 2.32. The average molecular weight is 366 g/mol. The van der Waals surface area contributed by atoms with Crippen LogP contribution in [0.25, 0.3) is 11.3 Å². The van der Waals surface area contributed by atoms with Gasteiger partial charge >= 0.3 is 0 Å². The van der Waals surface area contributed by atoms with Gasteiger partial charge in [-0.3, -0.25) is 4.79 Å². The van der Waals surface area contributed by atoms with Gasteiger partial charge in [0.1, 0.15) is 5.69 Å². The first kappa shape index (κ1) is 18.5. The Morgan fingerprint density at radius 2 is 1.70 bits per heavy atom. The van der Waals surface area contributed by atoms with Gasteiger partial charge in [-0.25, -0.2) is 0 Å². The largest absolute Gasteiger partial charge is 0.493 e. The van der Waals surface area contributed by atoms with E-state index in [-0.39, 0.29) is 12.5 Å². The van der Waals surface area contributed by atoms with E-state index in [0.29, 0.717) is 28.5 Å². The SMILES string of the molecule is COc1ccc(-c2cc(CNC(=O)c3cc(C)cc(C)c3)no2)cc1OC. The van der Waals surface area contributed by atoms with Gasteiger partial charge in [0.2, 0.25) is 0 Å². The number of hydrogen-bond acceptors (Lipinski definition) is 5. The monoisotopic (exact) mass is 366 g/mol. The molecule has 3 rings (SSSR count). The van der Waals surface area contributed by atoms with Crippen LogP contribution in [0.4, 0.5) is 0 Å². The second-order valence-electron chi connectivity index (χ2n) is 6.31. The molecule has 0 bridgehead atoms. The van der Waals surface area contributed by atoms with Crippen molar-refractivity contribution in [2.75, 3.05) is 14.2 Å². The zero-order valence-corrected chi connectivity index (χ0v) is 15.8. The van der Waals surface area contributed by atoms with Crippen LogP contribution in [0, 0.1) is 13.8 Å². The van der Waals surface area contributed by atoms with E-state index in [1.165, 1.54) is 0 Å². The third-order valence-electron chi connectivity index (χ3n) is 4.14. The molecule has 0 spiro atoms.